The van der Waals surface area contributed by atoms with Gasteiger partial charge in [0.25, 0.3) is 5.91 Å². The number of nitrogens with zero attached hydrogens (tertiary/aromatic N) is 2. The van der Waals surface area contributed by atoms with Crippen LogP contribution in [0.15, 0.2) is 34.9 Å². The summed E-state index contributed by atoms with van der Waals surface area (Å²) in [5.41, 5.74) is -0.443. The van der Waals surface area contributed by atoms with Gasteiger partial charge in [-0.1, -0.05) is 11.6 Å². The van der Waals surface area contributed by atoms with Gasteiger partial charge in [0.1, 0.15) is 12.0 Å². The van der Waals surface area contributed by atoms with Gasteiger partial charge >= 0.3 is 5.97 Å². The summed E-state index contributed by atoms with van der Waals surface area (Å²) in [6, 6.07) is 6.75. The van der Waals surface area contributed by atoms with Crippen LogP contribution >= 0.6 is 11.6 Å². The predicted molar refractivity (Wildman–Crippen MR) is 95.1 cm³/mol. The Morgan fingerprint density at radius 1 is 1.23 bits per heavy atom. The molecule has 0 unspecified atom stereocenters. The Morgan fingerprint density at radius 2 is 1.88 bits per heavy atom. The summed E-state index contributed by atoms with van der Waals surface area (Å²) in [4.78, 5) is 29.7. The molecule has 140 valence electrons. The number of rotatable bonds is 6. The highest BCUT2D eigenvalue weighted by Gasteiger charge is 2.29. The number of aromatic nitrogens is 1. The monoisotopic (exact) mass is 380 g/mol. The molecule has 0 saturated heterocycles. The first-order valence-corrected chi connectivity index (χ1v) is 8.30. The van der Waals surface area contributed by atoms with Crippen molar-refractivity contribution < 1.29 is 23.5 Å². The number of halogens is 1. The van der Waals surface area contributed by atoms with Crippen LogP contribution in [-0.4, -0.2) is 41.0 Å². The molecule has 0 fully saturated rings. The first-order valence-electron chi connectivity index (χ1n) is 7.92. The number of hydrogen-bond acceptors (Lipinski definition) is 6. The van der Waals surface area contributed by atoms with E-state index in [0.717, 1.165) is 0 Å². The van der Waals surface area contributed by atoms with Gasteiger partial charge in [0, 0.05) is 10.6 Å². The maximum atomic E-state index is 12.6. The second kappa shape index (κ2) is 8.23. The number of esters is 1. The third kappa shape index (κ3) is 5.23. The zero-order valence-electron chi connectivity index (χ0n) is 15.1. The summed E-state index contributed by atoms with van der Waals surface area (Å²) in [6.45, 7) is 5.61. The molecule has 0 atom stereocenters. The van der Waals surface area contributed by atoms with Gasteiger partial charge in [-0.2, -0.15) is 0 Å². The molecule has 26 heavy (non-hydrogen) atoms. The molecule has 0 radical (unpaired) electrons. The number of carbonyl (C=O) groups excluding carboxylic acids is 2. The topological polar surface area (TPSA) is 81.9 Å². The molecular formula is C18H21ClN2O5. The van der Waals surface area contributed by atoms with E-state index in [0.29, 0.717) is 10.8 Å². The van der Waals surface area contributed by atoms with Crippen molar-refractivity contribution in [1.82, 2.24) is 9.88 Å². The van der Waals surface area contributed by atoms with Crippen molar-refractivity contribution in [3.63, 3.8) is 0 Å². The van der Waals surface area contributed by atoms with Gasteiger partial charge in [0.2, 0.25) is 5.89 Å². The Kier molecular flexibility index (Phi) is 6.26. The third-order valence-electron chi connectivity index (χ3n) is 3.53. The van der Waals surface area contributed by atoms with Gasteiger partial charge in [-0.15, -0.1) is 0 Å². The molecule has 0 bridgehead atoms. The third-order valence-corrected chi connectivity index (χ3v) is 3.78. The Hall–Kier alpha value is -2.54. The lowest BCUT2D eigenvalue weighted by Gasteiger charge is -2.34. The molecule has 7 nitrogen and oxygen atoms in total. The van der Waals surface area contributed by atoms with Crippen molar-refractivity contribution in [2.24, 2.45) is 0 Å². The summed E-state index contributed by atoms with van der Waals surface area (Å²) < 4.78 is 15.4. The van der Waals surface area contributed by atoms with Crippen LogP contribution in [0.2, 0.25) is 5.02 Å². The maximum Gasteiger partial charge on any atom is 0.360 e. The van der Waals surface area contributed by atoms with E-state index < -0.39 is 11.5 Å². The van der Waals surface area contributed by atoms with Gasteiger partial charge in [-0.25, -0.2) is 9.78 Å². The quantitative estimate of drug-likeness (QED) is 0.715. The van der Waals surface area contributed by atoms with Crippen LogP contribution in [0, 0.1) is 0 Å². The van der Waals surface area contributed by atoms with Gasteiger partial charge in [0.15, 0.2) is 12.3 Å². The lowest BCUT2D eigenvalue weighted by Crippen LogP contribution is -2.47. The zero-order valence-corrected chi connectivity index (χ0v) is 15.9. The van der Waals surface area contributed by atoms with Gasteiger partial charge < -0.3 is 18.8 Å². The fourth-order valence-corrected chi connectivity index (χ4v) is 2.30. The smallest absolute Gasteiger partial charge is 0.360 e. The Bertz CT molecular complexity index is 765. The molecule has 0 saturated carbocycles. The summed E-state index contributed by atoms with van der Waals surface area (Å²) in [5, 5.41) is 0.588. The molecule has 0 N–H and O–H groups in total. The SMILES string of the molecule is COC(=O)c1coc(CN(C(=O)COc2ccc(Cl)cc2)C(C)(C)C)n1. The number of oxazole rings is 1. The molecule has 0 aliphatic heterocycles. The molecule has 1 amide bonds. The van der Waals surface area contributed by atoms with E-state index in [2.05, 4.69) is 9.72 Å². The molecule has 2 rings (SSSR count). The van der Waals surface area contributed by atoms with Crippen LogP contribution in [0.25, 0.3) is 0 Å². The molecule has 0 spiro atoms. The van der Waals surface area contributed by atoms with Crippen molar-refractivity contribution in [2.45, 2.75) is 32.9 Å². The molecule has 8 heteroatoms. The van der Waals surface area contributed by atoms with E-state index in [-0.39, 0.29) is 30.6 Å². The van der Waals surface area contributed by atoms with E-state index in [4.69, 9.17) is 20.8 Å². The Labute approximate surface area is 156 Å². The second-order valence-electron chi connectivity index (χ2n) is 6.51. The minimum atomic E-state index is -0.597. The van der Waals surface area contributed by atoms with Crippen LogP contribution in [-0.2, 0) is 16.1 Å². The van der Waals surface area contributed by atoms with Crippen molar-refractivity contribution in [1.29, 1.82) is 0 Å². The normalized spacial score (nSPS) is 11.1. The largest absolute Gasteiger partial charge is 0.484 e. The Morgan fingerprint density at radius 3 is 2.46 bits per heavy atom. The summed E-state index contributed by atoms with van der Waals surface area (Å²) in [6.07, 6.45) is 1.21. The fraction of sp³-hybridized carbons (Fsp3) is 0.389. The van der Waals surface area contributed by atoms with Gasteiger partial charge in [0.05, 0.1) is 13.7 Å². The summed E-state index contributed by atoms with van der Waals surface area (Å²) in [7, 11) is 1.26. The zero-order chi connectivity index (χ0) is 19.3. The predicted octanol–water partition coefficient (Wildman–Crippen LogP) is 3.32. The van der Waals surface area contributed by atoms with Crippen LogP contribution < -0.4 is 4.74 Å². The molecule has 1 heterocycles. The van der Waals surface area contributed by atoms with E-state index in [1.807, 2.05) is 20.8 Å². The van der Waals surface area contributed by atoms with Crippen LogP contribution in [0.5, 0.6) is 5.75 Å². The number of amides is 1. The van der Waals surface area contributed by atoms with Crippen molar-refractivity contribution in [3.8, 4) is 5.75 Å². The van der Waals surface area contributed by atoms with Crippen molar-refractivity contribution in [2.75, 3.05) is 13.7 Å². The minimum absolute atomic E-state index is 0.0567. The van der Waals surface area contributed by atoms with E-state index in [1.54, 1.807) is 29.2 Å². The lowest BCUT2D eigenvalue weighted by atomic mass is 10.1. The van der Waals surface area contributed by atoms with Crippen LogP contribution in [0.1, 0.15) is 37.2 Å². The molecular weight excluding hydrogens is 360 g/mol. The van der Waals surface area contributed by atoms with Crippen molar-refractivity contribution in [3.05, 3.63) is 47.1 Å². The molecule has 1 aromatic carbocycles. The maximum absolute atomic E-state index is 12.6. The highest BCUT2D eigenvalue weighted by atomic mass is 35.5. The van der Waals surface area contributed by atoms with Gasteiger partial charge in [-0.3, -0.25) is 4.79 Å². The van der Waals surface area contributed by atoms with E-state index in [9.17, 15) is 9.59 Å². The first-order chi connectivity index (χ1) is 12.2. The summed E-state index contributed by atoms with van der Waals surface area (Å²) >= 11 is 5.83. The fourth-order valence-electron chi connectivity index (χ4n) is 2.17. The van der Waals surface area contributed by atoms with Gasteiger partial charge in [-0.05, 0) is 45.0 Å². The Balaban J connectivity index is 2.06. The van der Waals surface area contributed by atoms with Crippen LogP contribution in [0.3, 0.4) is 0 Å². The average Bonchev–Trinajstić information content (AvgIpc) is 3.06. The number of carbonyl (C=O) groups is 2. The second-order valence-corrected chi connectivity index (χ2v) is 6.95. The average molecular weight is 381 g/mol. The lowest BCUT2D eigenvalue weighted by molar-refractivity contribution is -0.139. The number of hydrogen-bond donors (Lipinski definition) is 0. The molecule has 0 aliphatic carbocycles. The number of benzene rings is 1. The van der Waals surface area contributed by atoms with Crippen LogP contribution in [0.4, 0.5) is 0 Å². The van der Waals surface area contributed by atoms with E-state index in [1.165, 1.54) is 13.4 Å². The molecule has 1 aromatic heterocycles. The van der Waals surface area contributed by atoms with E-state index >= 15 is 0 Å². The standard InChI is InChI=1S/C18H21ClN2O5/c1-18(2,3)21(9-15-20-14(10-26-15)17(23)24-4)16(22)11-25-13-7-5-12(19)6-8-13/h5-8,10H,9,11H2,1-4H3. The highest BCUT2D eigenvalue weighted by Crippen LogP contribution is 2.19. The summed E-state index contributed by atoms with van der Waals surface area (Å²) in [5.74, 6) is -0.0640. The molecule has 0 aliphatic rings. The number of ether oxygens (including phenoxy) is 2. The molecule has 2 aromatic rings. The minimum Gasteiger partial charge on any atom is -0.484 e. The van der Waals surface area contributed by atoms with Crippen molar-refractivity contribution >= 4 is 23.5 Å². The highest BCUT2D eigenvalue weighted by molar-refractivity contribution is 6.30. The number of methoxy groups -OCH3 is 1. The first kappa shape index (κ1) is 19.8.